The van der Waals surface area contributed by atoms with Crippen molar-refractivity contribution < 1.29 is 9.53 Å². The molecule has 1 fully saturated rings. The van der Waals surface area contributed by atoms with Crippen LogP contribution < -0.4 is 9.64 Å². The van der Waals surface area contributed by atoms with Gasteiger partial charge >= 0.3 is 0 Å². The van der Waals surface area contributed by atoms with Gasteiger partial charge in [0, 0.05) is 37.4 Å². The van der Waals surface area contributed by atoms with Crippen molar-refractivity contribution in [2.24, 2.45) is 0 Å². The normalized spacial score (nSPS) is 17.8. The fraction of sp³-hybridized carbons (Fsp3) is 0.346. The van der Waals surface area contributed by atoms with Crippen molar-refractivity contribution in [3.8, 4) is 5.75 Å². The molecule has 1 aliphatic heterocycles. The third-order valence-corrected chi connectivity index (χ3v) is 6.80. The van der Waals surface area contributed by atoms with Crippen molar-refractivity contribution in [3.63, 3.8) is 0 Å². The zero-order valence-corrected chi connectivity index (χ0v) is 20.0. The third-order valence-electron chi connectivity index (χ3n) is 6.80. The molecule has 5 rings (SSSR count). The summed E-state index contributed by atoms with van der Waals surface area (Å²) in [5, 5.41) is 2.50. The van der Waals surface area contributed by atoms with E-state index in [1.807, 2.05) is 4.90 Å². The first-order chi connectivity index (χ1) is 15.7. The molecule has 2 aromatic carbocycles. The average molecular weight is 463 g/mol. The fourth-order valence-electron chi connectivity index (χ4n) is 5.10. The van der Waals surface area contributed by atoms with Gasteiger partial charge in [0.2, 0.25) is 5.91 Å². The van der Waals surface area contributed by atoms with E-state index in [2.05, 4.69) is 57.8 Å². The Morgan fingerprint density at radius 2 is 1.94 bits per heavy atom. The lowest BCUT2D eigenvalue weighted by molar-refractivity contribution is -0.126. The van der Waals surface area contributed by atoms with Crippen LogP contribution in [0.1, 0.15) is 29.2 Å². The number of rotatable bonds is 4. The number of ether oxygens (including phenoxy) is 1. The Bertz CT molecular complexity index is 1170. The topological polar surface area (TPSA) is 58.6 Å². The number of hydrogen-bond donors (Lipinski definition) is 0. The van der Waals surface area contributed by atoms with Gasteiger partial charge in [-0.1, -0.05) is 30.8 Å². The highest BCUT2D eigenvalue weighted by molar-refractivity contribution is 7.59. The van der Waals surface area contributed by atoms with Crippen LogP contribution in [0.15, 0.2) is 55.4 Å². The van der Waals surface area contributed by atoms with Crippen molar-refractivity contribution in [3.05, 3.63) is 72.2 Å². The number of aromatic nitrogens is 2. The van der Waals surface area contributed by atoms with Crippen LogP contribution in [0.3, 0.4) is 0 Å². The van der Waals surface area contributed by atoms with Crippen LogP contribution in [0.25, 0.3) is 10.8 Å². The first-order valence-electron chi connectivity index (χ1n) is 11.2. The van der Waals surface area contributed by atoms with Crippen molar-refractivity contribution in [2.75, 3.05) is 38.2 Å². The van der Waals surface area contributed by atoms with Gasteiger partial charge in [0.05, 0.1) is 7.11 Å². The largest absolute Gasteiger partial charge is 0.497 e. The molecule has 0 N–H and O–H groups in total. The summed E-state index contributed by atoms with van der Waals surface area (Å²) in [4.78, 5) is 25.4. The summed E-state index contributed by atoms with van der Waals surface area (Å²) in [5.41, 5.74) is 3.74. The Hall–Kier alpha value is -3.06. The molecular formula is C26H30N4O2S. The van der Waals surface area contributed by atoms with E-state index < -0.39 is 0 Å². The molecule has 6 nitrogen and oxygen atoms in total. The predicted octanol–water partition coefficient (Wildman–Crippen LogP) is 3.86. The van der Waals surface area contributed by atoms with E-state index in [4.69, 9.17) is 4.74 Å². The molecule has 1 saturated heterocycles. The molecule has 7 heteroatoms. The summed E-state index contributed by atoms with van der Waals surface area (Å²) in [6, 6.07) is 12.8. The number of anilines is 1. The molecule has 0 spiro atoms. The number of amides is 1. The van der Waals surface area contributed by atoms with Gasteiger partial charge in [-0.3, -0.25) is 4.79 Å². The zero-order valence-electron chi connectivity index (χ0n) is 19.0. The van der Waals surface area contributed by atoms with Crippen molar-refractivity contribution in [2.45, 2.75) is 25.2 Å². The van der Waals surface area contributed by atoms with Crippen LogP contribution in [0.4, 0.5) is 5.82 Å². The molecule has 1 atom stereocenters. The van der Waals surface area contributed by atoms with Crippen LogP contribution in [0.2, 0.25) is 0 Å². The molecule has 33 heavy (non-hydrogen) atoms. The Kier molecular flexibility index (Phi) is 6.88. The predicted molar refractivity (Wildman–Crippen MR) is 137 cm³/mol. The molecule has 0 saturated carbocycles. The number of carbonyl (C=O) groups excluding carboxylic acids is 1. The summed E-state index contributed by atoms with van der Waals surface area (Å²) in [6.07, 6.45) is 6.00. The lowest BCUT2D eigenvalue weighted by Gasteiger charge is -2.37. The number of fused-ring (bicyclic) bond motifs is 2. The van der Waals surface area contributed by atoms with Crippen LogP contribution >= 0.6 is 13.5 Å². The van der Waals surface area contributed by atoms with Crippen LogP contribution in [0, 0.1) is 0 Å². The van der Waals surface area contributed by atoms with E-state index >= 15 is 0 Å². The number of piperazine rings is 1. The Morgan fingerprint density at radius 3 is 2.70 bits per heavy atom. The first kappa shape index (κ1) is 23.1. The Labute approximate surface area is 201 Å². The minimum atomic E-state index is 0. The minimum absolute atomic E-state index is 0. The monoisotopic (exact) mass is 462 g/mol. The van der Waals surface area contributed by atoms with Gasteiger partial charge in [0.1, 0.15) is 17.9 Å². The summed E-state index contributed by atoms with van der Waals surface area (Å²) < 4.78 is 5.59. The van der Waals surface area contributed by atoms with Crippen molar-refractivity contribution in [1.82, 2.24) is 14.9 Å². The highest BCUT2D eigenvalue weighted by Crippen LogP contribution is 2.39. The van der Waals surface area contributed by atoms with Crippen LogP contribution in [0.5, 0.6) is 5.75 Å². The second kappa shape index (κ2) is 9.83. The molecule has 1 unspecified atom stereocenters. The van der Waals surface area contributed by atoms with Gasteiger partial charge in [-0.15, -0.1) is 0 Å². The Balaban J connectivity index is 0.00000259. The molecule has 2 heterocycles. The van der Waals surface area contributed by atoms with E-state index in [0.717, 1.165) is 49.6 Å². The average Bonchev–Trinajstić information content (AvgIpc) is 2.87. The number of benzene rings is 2. The Morgan fingerprint density at radius 1 is 1.15 bits per heavy atom. The van der Waals surface area contributed by atoms with Gasteiger partial charge in [-0.25, -0.2) is 9.97 Å². The molecular weight excluding hydrogens is 432 g/mol. The SMILES string of the molecule is C=CC(=O)N1CCN(c2ncnc3c2CCC(c2cc(OC)cc4ccccc24)C3)CC1.S. The molecule has 1 aliphatic carbocycles. The van der Waals surface area contributed by atoms with Gasteiger partial charge in [0.25, 0.3) is 0 Å². The number of nitrogens with zero attached hydrogens (tertiary/aromatic N) is 4. The van der Waals surface area contributed by atoms with Crippen LogP contribution in [-0.2, 0) is 17.6 Å². The molecule has 1 amide bonds. The molecule has 0 bridgehead atoms. The first-order valence-corrected chi connectivity index (χ1v) is 11.2. The zero-order chi connectivity index (χ0) is 22.1. The lowest BCUT2D eigenvalue weighted by Crippen LogP contribution is -2.49. The second-order valence-corrected chi connectivity index (χ2v) is 8.52. The van der Waals surface area contributed by atoms with Crippen molar-refractivity contribution in [1.29, 1.82) is 0 Å². The molecule has 172 valence electrons. The smallest absolute Gasteiger partial charge is 0.246 e. The van der Waals surface area contributed by atoms with Gasteiger partial charge in [-0.05, 0) is 59.7 Å². The maximum absolute atomic E-state index is 11.9. The molecule has 2 aliphatic rings. The van der Waals surface area contributed by atoms with Gasteiger partial charge in [0.15, 0.2) is 0 Å². The van der Waals surface area contributed by atoms with E-state index in [-0.39, 0.29) is 19.4 Å². The summed E-state index contributed by atoms with van der Waals surface area (Å²) in [6.45, 7) is 6.56. The van der Waals surface area contributed by atoms with Gasteiger partial charge < -0.3 is 14.5 Å². The maximum atomic E-state index is 11.9. The quantitative estimate of drug-likeness (QED) is 0.551. The van der Waals surface area contributed by atoms with Crippen LogP contribution in [-0.4, -0.2) is 54.1 Å². The standard InChI is InChI=1S/C26H28N4O2.H2S/c1-3-25(31)29-10-12-30(13-11-29)26-22-9-8-19(15-24(22)27-17-28-26)23-16-20(32-2)14-18-6-4-5-7-21(18)23;/h3-7,14,16-17,19H,1,8-13,15H2,2H3;1H2. The summed E-state index contributed by atoms with van der Waals surface area (Å²) in [7, 11) is 1.73. The molecule has 1 aromatic heterocycles. The molecule has 3 aromatic rings. The number of methoxy groups -OCH3 is 1. The van der Waals surface area contributed by atoms with E-state index in [9.17, 15) is 4.79 Å². The summed E-state index contributed by atoms with van der Waals surface area (Å²) >= 11 is 0. The fourth-order valence-corrected chi connectivity index (χ4v) is 5.10. The highest BCUT2D eigenvalue weighted by atomic mass is 32.1. The van der Waals surface area contributed by atoms with Gasteiger partial charge in [-0.2, -0.15) is 13.5 Å². The number of hydrogen-bond acceptors (Lipinski definition) is 5. The number of carbonyl (C=O) groups is 1. The third kappa shape index (κ3) is 4.42. The summed E-state index contributed by atoms with van der Waals surface area (Å²) in [5.74, 6) is 2.34. The second-order valence-electron chi connectivity index (χ2n) is 8.52. The minimum Gasteiger partial charge on any atom is -0.497 e. The lowest BCUT2D eigenvalue weighted by atomic mass is 9.80. The van der Waals surface area contributed by atoms with E-state index in [0.29, 0.717) is 19.0 Å². The molecule has 0 radical (unpaired) electrons. The van der Waals surface area contributed by atoms with E-state index in [1.165, 1.54) is 28.0 Å². The maximum Gasteiger partial charge on any atom is 0.246 e. The van der Waals surface area contributed by atoms with E-state index in [1.54, 1.807) is 13.4 Å². The highest BCUT2D eigenvalue weighted by Gasteiger charge is 2.29. The van der Waals surface area contributed by atoms with Crippen molar-refractivity contribution >= 4 is 36.0 Å².